The Balaban J connectivity index is 3.42. The highest BCUT2D eigenvalue weighted by molar-refractivity contribution is 5.95. The third-order valence-corrected chi connectivity index (χ3v) is 2.58. The van der Waals surface area contributed by atoms with Crippen LogP contribution in [0.5, 0.6) is 0 Å². The lowest BCUT2D eigenvalue weighted by Crippen LogP contribution is -2.18. The summed E-state index contributed by atoms with van der Waals surface area (Å²) in [6.45, 7) is 1.72. The van der Waals surface area contributed by atoms with Gasteiger partial charge in [0.25, 0.3) is 0 Å². The van der Waals surface area contributed by atoms with Crippen molar-refractivity contribution < 1.29 is 19.1 Å². The summed E-state index contributed by atoms with van der Waals surface area (Å²) in [7, 11) is 2.44. The fourth-order valence-corrected chi connectivity index (χ4v) is 1.70. The van der Waals surface area contributed by atoms with E-state index >= 15 is 0 Å². The molecular weight excluding hydrogens is 234 g/mol. The Bertz CT molecular complexity index is 516. The molecule has 0 saturated heterocycles. The van der Waals surface area contributed by atoms with Crippen LogP contribution in [0, 0.1) is 18.3 Å². The molecule has 1 aromatic carbocycles. The molecule has 1 atom stereocenters. The first-order valence-corrected chi connectivity index (χ1v) is 5.22. The van der Waals surface area contributed by atoms with Gasteiger partial charge in [0.05, 0.1) is 25.9 Å². The normalized spacial score (nSPS) is 11.2. The molecule has 5 heteroatoms. The average molecular weight is 247 g/mol. The molecule has 0 radical (unpaired) electrons. The van der Waals surface area contributed by atoms with Crippen LogP contribution in [-0.2, 0) is 14.3 Å². The van der Waals surface area contributed by atoms with Crippen LogP contribution >= 0.6 is 0 Å². The van der Waals surface area contributed by atoms with Crippen molar-refractivity contribution in [3.05, 3.63) is 34.9 Å². The topological polar surface area (TPSA) is 76.4 Å². The predicted octanol–water partition coefficient (Wildman–Crippen LogP) is 1.56. The summed E-state index contributed by atoms with van der Waals surface area (Å²) in [6.07, 6.45) is 0. The molecule has 1 unspecified atom stereocenters. The minimum atomic E-state index is -1.13. The van der Waals surface area contributed by atoms with Crippen LogP contribution in [0.1, 0.15) is 27.4 Å². The van der Waals surface area contributed by atoms with Crippen LogP contribution in [0.25, 0.3) is 0 Å². The molecule has 5 nitrogen and oxygen atoms in total. The molecule has 0 saturated carbocycles. The molecule has 18 heavy (non-hydrogen) atoms. The molecule has 0 N–H and O–H groups in total. The number of esters is 2. The largest absolute Gasteiger partial charge is 0.468 e. The first-order valence-electron chi connectivity index (χ1n) is 5.22. The summed E-state index contributed by atoms with van der Waals surface area (Å²) in [4.78, 5) is 23.2. The Morgan fingerprint density at radius 3 is 2.44 bits per heavy atom. The second kappa shape index (κ2) is 5.82. The van der Waals surface area contributed by atoms with E-state index in [-0.39, 0.29) is 5.56 Å². The quantitative estimate of drug-likeness (QED) is 0.757. The maximum atomic E-state index is 11.6. The van der Waals surface area contributed by atoms with Gasteiger partial charge in [0.1, 0.15) is 0 Å². The lowest BCUT2D eigenvalue weighted by Gasteiger charge is -2.14. The van der Waals surface area contributed by atoms with Gasteiger partial charge in [-0.2, -0.15) is 5.26 Å². The Labute approximate surface area is 105 Å². The van der Waals surface area contributed by atoms with Crippen LogP contribution in [0.4, 0.5) is 0 Å². The second-order valence-electron chi connectivity index (χ2n) is 3.61. The van der Waals surface area contributed by atoms with Crippen LogP contribution in [0.2, 0.25) is 0 Å². The minimum absolute atomic E-state index is 0.203. The summed E-state index contributed by atoms with van der Waals surface area (Å²) in [6, 6.07) is 6.74. The van der Waals surface area contributed by atoms with Gasteiger partial charge < -0.3 is 9.47 Å². The summed E-state index contributed by atoms with van der Waals surface area (Å²) in [5.41, 5.74) is 1.20. The number of carbonyl (C=O) groups is 2. The number of hydrogen-bond acceptors (Lipinski definition) is 5. The van der Waals surface area contributed by atoms with Gasteiger partial charge in [0, 0.05) is 0 Å². The third kappa shape index (κ3) is 2.48. The Hall–Kier alpha value is -2.35. The molecule has 1 aromatic rings. The first-order chi connectivity index (χ1) is 8.56. The Morgan fingerprint density at radius 1 is 1.28 bits per heavy atom. The van der Waals surface area contributed by atoms with Gasteiger partial charge in [-0.15, -0.1) is 0 Å². The van der Waals surface area contributed by atoms with Crippen molar-refractivity contribution >= 4 is 11.9 Å². The number of rotatable bonds is 3. The predicted molar refractivity (Wildman–Crippen MR) is 62.9 cm³/mol. The van der Waals surface area contributed by atoms with E-state index < -0.39 is 17.9 Å². The third-order valence-electron chi connectivity index (χ3n) is 2.58. The number of nitriles is 1. The maximum Gasteiger partial charge on any atom is 0.338 e. The first kappa shape index (κ1) is 13.7. The van der Waals surface area contributed by atoms with Gasteiger partial charge in [0.15, 0.2) is 5.92 Å². The molecule has 1 rings (SSSR count). The molecule has 0 aromatic heterocycles. The number of methoxy groups -OCH3 is 2. The fourth-order valence-electron chi connectivity index (χ4n) is 1.70. The number of nitrogens with zero attached hydrogens (tertiary/aromatic N) is 1. The number of ether oxygens (including phenoxy) is 2. The summed E-state index contributed by atoms with van der Waals surface area (Å²) < 4.78 is 9.21. The minimum Gasteiger partial charge on any atom is -0.468 e. The molecule has 0 bridgehead atoms. The average Bonchev–Trinajstić information content (AvgIpc) is 2.39. The van der Waals surface area contributed by atoms with Gasteiger partial charge in [0.2, 0.25) is 0 Å². The monoisotopic (exact) mass is 247 g/mol. The standard InChI is InChI=1S/C13H13NO4/c1-8-5-4-6-9(12(15)17-2)11(8)10(7-14)13(16)18-3/h4-6,10H,1-3H3. The zero-order valence-corrected chi connectivity index (χ0v) is 10.4. The molecule has 0 aliphatic heterocycles. The zero-order chi connectivity index (χ0) is 13.7. The summed E-state index contributed by atoms with van der Waals surface area (Å²) >= 11 is 0. The molecule has 0 aliphatic carbocycles. The van der Waals surface area contributed by atoms with E-state index in [0.717, 1.165) is 0 Å². The van der Waals surface area contributed by atoms with E-state index in [4.69, 9.17) is 5.26 Å². The molecule has 0 heterocycles. The van der Waals surface area contributed by atoms with Crippen molar-refractivity contribution in [1.29, 1.82) is 5.26 Å². The molecule has 0 aliphatic rings. The Morgan fingerprint density at radius 2 is 1.94 bits per heavy atom. The zero-order valence-electron chi connectivity index (χ0n) is 10.4. The van der Waals surface area contributed by atoms with Crippen LogP contribution in [0.3, 0.4) is 0 Å². The number of benzene rings is 1. The van der Waals surface area contributed by atoms with Gasteiger partial charge in [-0.1, -0.05) is 12.1 Å². The van der Waals surface area contributed by atoms with E-state index in [9.17, 15) is 9.59 Å². The fraction of sp³-hybridized carbons (Fsp3) is 0.308. The number of carbonyl (C=O) groups excluding carboxylic acids is 2. The van der Waals surface area contributed by atoms with Crippen molar-refractivity contribution in [1.82, 2.24) is 0 Å². The lowest BCUT2D eigenvalue weighted by molar-refractivity contribution is -0.141. The number of aryl methyl sites for hydroxylation is 1. The van der Waals surface area contributed by atoms with E-state index in [0.29, 0.717) is 11.1 Å². The van der Waals surface area contributed by atoms with Crippen LogP contribution in [0.15, 0.2) is 18.2 Å². The molecule has 94 valence electrons. The van der Waals surface area contributed by atoms with Crippen molar-refractivity contribution in [2.45, 2.75) is 12.8 Å². The molecule has 0 amide bonds. The number of hydrogen-bond donors (Lipinski definition) is 0. The second-order valence-corrected chi connectivity index (χ2v) is 3.61. The van der Waals surface area contributed by atoms with E-state index in [2.05, 4.69) is 9.47 Å². The highest BCUT2D eigenvalue weighted by Crippen LogP contribution is 2.25. The smallest absolute Gasteiger partial charge is 0.338 e. The molecule has 0 spiro atoms. The van der Waals surface area contributed by atoms with Gasteiger partial charge >= 0.3 is 11.9 Å². The summed E-state index contributed by atoms with van der Waals surface area (Å²) in [5.74, 6) is -2.42. The highest BCUT2D eigenvalue weighted by atomic mass is 16.5. The highest BCUT2D eigenvalue weighted by Gasteiger charge is 2.28. The van der Waals surface area contributed by atoms with Crippen molar-refractivity contribution in [3.63, 3.8) is 0 Å². The van der Waals surface area contributed by atoms with Crippen LogP contribution in [-0.4, -0.2) is 26.2 Å². The van der Waals surface area contributed by atoms with E-state index in [1.54, 1.807) is 19.1 Å². The van der Waals surface area contributed by atoms with Crippen molar-refractivity contribution in [2.24, 2.45) is 0 Å². The Kier molecular flexibility index (Phi) is 4.44. The SMILES string of the molecule is COC(=O)c1cccc(C)c1C(C#N)C(=O)OC. The van der Waals surface area contributed by atoms with E-state index in [1.807, 2.05) is 6.07 Å². The van der Waals surface area contributed by atoms with Crippen LogP contribution < -0.4 is 0 Å². The van der Waals surface area contributed by atoms with E-state index in [1.165, 1.54) is 20.3 Å². The van der Waals surface area contributed by atoms with Gasteiger partial charge in [-0.05, 0) is 24.1 Å². The van der Waals surface area contributed by atoms with Gasteiger partial charge in [-0.3, -0.25) is 4.79 Å². The molecule has 0 fully saturated rings. The molecular formula is C13H13NO4. The lowest BCUT2D eigenvalue weighted by atomic mass is 9.91. The summed E-state index contributed by atoms with van der Waals surface area (Å²) in [5, 5.41) is 9.08. The maximum absolute atomic E-state index is 11.6. The van der Waals surface area contributed by atoms with Gasteiger partial charge in [-0.25, -0.2) is 4.79 Å². The van der Waals surface area contributed by atoms with Crippen molar-refractivity contribution in [2.75, 3.05) is 14.2 Å². The van der Waals surface area contributed by atoms with Crippen molar-refractivity contribution in [3.8, 4) is 6.07 Å².